The van der Waals surface area contributed by atoms with E-state index in [2.05, 4.69) is 30.3 Å². The van der Waals surface area contributed by atoms with Crippen LogP contribution in [0.25, 0.3) is 11.3 Å². The number of benzene rings is 2. The first-order valence-corrected chi connectivity index (χ1v) is 14.1. The predicted molar refractivity (Wildman–Crippen MR) is 168 cm³/mol. The Morgan fingerprint density at radius 3 is 2.54 bits per heavy atom. The van der Waals surface area contributed by atoms with Gasteiger partial charge in [-0.2, -0.15) is 0 Å². The van der Waals surface area contributed by atoms with Crippen molar-refractivity contribution < 1.29 is 9.59 Å². The summed E-state index contributed by atoms with van der Waals surface area (Å²) in [5.41, 5.74) is 9.77. The third-order valence-electron chi connectivity index (χ3n) is 7.19. The van der Waals surface area contributed by atoms with E-state index in [0.717, 1.165) is 12.0 Å². The zero-order chi connectivity index (χ0) is 29.8. The maximum absolute atomic E-state index is 12.9. The van der Waals surface area contributed by atoms with Crippen LogP contribution in [0.1, 0.15) is 37.8 Å². The lowest BCUT2D eigenvalue weighted by molar-refractivity contribution is -0.128. The molecule has 1 aliphatic rings. The maximum atomic E-state index is 12.9. The van der Waals surface area contributed by atoms with Gasteiger partial charge in [-0.3, -0.25) is 19.5 Å². The second-order valence-electron chi connectivity index (χ2n) is 10.2. The lowest BCUT2D eigenvalue weighted by atomic mass is 10.00. The van der Waals surface area contributed by atoms with Crippen molar-refractivity contribution in [3.8, 4) is 11.3 Å². The number of nitrogen functional groups attached to an aromatic ring is 1. The number of para-hydroxylation sites is 1. The van der Waals surface area contributed by atoms with Crippen molar-refractivity contribution in [2.45, 2.75) is 32.7 Å². The highest BCUT2D eigenvalue weighted by molar-refractivity contribution is 6.36. The van der Waals surface area contributed by atoms with Crippen LogP contribution in [0, 0.1) is 0 Å². The van der Waals surface area contributed by atoms with Crippen molar-refractivity contribution in [3.05, 3.63) is 82.4 Å². The fraction of sp³-hybridized carbons (Fsp3) is 0.290. The molecule has 0 aliphatic carbocycles. The summed E-state index contributed by atoms with van der Waals surface area (Å²) in [5.74, 6) is 0.981. The van der Waals surface area contributed by atoms with Crippen LogP contribution in [0.3, 0.4) is 0 Å². The monoisotopic (exact) mass is 592 g/mol. The molecule has 0 bridgehead atoms. The Morgan fingerprint density at radius 2 is 1.90 bits per heavy atom. The van der Waals surface area contributed by atoms with Crippen LogP contribution >= 0.6 is 23.2 Å². The highest BCUT2D eigenvalue weighted by Gasteiger charge is 2.32. The second kappa shape index (κ2) is 12.7. The van der Waals surface area contributed by atoms with Crippen LogP contribution in [0.4, 0.5) is 17.2 Å². The number of rotatable bonds is 7. The SMILES string of the molecule is C=CC(=O)N1CCN(C(=NC)c2cc(Cl)c(-c3cc(N)ccc3Cl)nc2N(C=O)c2ccccc2C(C)C)C(C)C1. The van der Waals surface area contributed by atoms with Crippen LogP contribution in [0.5, 0.6) is 0 Å². The Kier molecular flexibility index (Phi) is 9.35. The number of piperazine rings is 1. The van der Waals surface area contributed by atoms with E-state index in [9.17, 15) is 9.59 Å². The molecule has 4 rings (SSSR count). The van der Waals surface area contributed by atoms with Gasteiger partial charge < -0.3 is 15.5 Å². The zero-order valence-corrected chi connectivity index (χ0v) is 25.2. The average molecular weight is 594 g/mol. The highest BCUT2D eigenvalue weighted by Crippen LogP contribution is 2.40. The molecule has 1 fully saturated rings. The summed E-state index contributed by atoms with van der Waals surface area (Å²) in [6.45, 7) is 11.3. The molecule has 214 valence electrons. The number of nitrogens with two attached hydrogens (primary N) is 1. The molecule has 1 atom stereocenters. The Morgan fingerprint density at radius 1 is 1.17 bits per heavy atom. The van der Waals surface area contributed by atoms with E-state index in [1.165, 1.54) is 11.0 Å². The van der Waals surface area contributed by atoms with Gasteiger partial charge >= 0.3 is 0 Å². The molecule has 1 saturated heterocycles. The van der Waals surface area contributed by atoms with Gasteiger partial charge in [0.15, 0.2) is 5.82 Å². The maximum Gasteiger partial charge on any atom is 0.246 e. The Hall–Kier alpha value is -3.88. The van der Waals surface area contributed by atoms with E-state index < -0.39 is 0 Å². The lowest BCUT2D eigenvalue weighted by Crippen LogP contribution is -2.55. The van der Waals surface area contributed by atoms with E-state index in [0.29, 0.717) is 69.5 Å². The minimum absolute atomic E-state index is 0.0753. The summed E-state index contributed by atoms with van der Waals surface area (Å²) in [5, 5.41) is 0.752. The van der Waals surface area contributed by atoms with Crippen molar-refractivity contribution in [2.75, 3.05) is 37.3 Å². The number of aliphatic imine (C=N–C) groups is 1. The third-order valence-corrected chi connectivity index (χ3v) is 7.81. The number of carbonyl (C=O) groups excluding carboxylic acids is 2. The molecule has 3 aromatic rings. The Balaban J connectivity index is 1.94. The number of amides is 2. The van der Waals surface area contributed by atoms with Gasteiger partial charge in [-0.1, -0.05) is 61.8 Å². The predicted octanol–water partition coefficient (Wildman–Crippen LogP) is 6.15. The van der Waals surface area contributed by atoms with Crippen molar-refractivity contribution in [2.24, 2.45) is 4.99 Å². The van der Waals surface area contributed by atoms with Gasteiger partial charge in [0.25, 0.3) is 0 Å². The van der Waals surface area contributed by atoms with Gasteiger partial charge in [-0.05, 0) is 54.8 Å². The number of nitrogens with zero attached hydrogens (tertiary/aromatic N) is 5. The number of pyridine rings is 1. The lowest BCUT2D eigenvalue weighted by Gasteiger charge is -2.41. The first kappa shape index (κ1) is 30.1. The van der Waals surface area contributed by atoms with E-state index in [4.69, 9.17) is 33.9 Å². The van der Waals surface area contributed by atoms with Crippen LogP contribution in [0.2, 0.25) is 10.0 Å². The van der Waals surface area contributed by atoms with Crippen LogP contribution in [-0.2, 0) is 9.59 Å². The minimum atomic E-state index is -0.113. The molecule has 0 radical (unpaired) electrons. The van der Waals surface area contributed by atoms with Gasteiger partial charge in [0.1, 0.15) is 5.84 Å². The minimum Gasteiger partial charge on any atom is -0.399 e. The second-order valence-corrected chi connectivity index (χ2v) is 11.0. The van der Waals surface area contributed by atoms with Gasteiger partial charge in [0.2, 0.25) is 12.3 Å². The standard InChI is InChI=1S/C31H34Cl2N6O2/c1-6-28(41)37-13-14-38(20(4)17-37)30(35-5)24-16-26(33)29(23-15-21(34)11-12-25(23)32)36-31(24)39(18-40)27-10-8-7-9-22(27)19(2)3/h6-12,15-16,18-20H,1,13-14,17,34H2,2-5H3. The molecule has 2 amide bonds. The Labute approximate surface area is 251 Å². The topological polar surface area (TPSA) is 95.1 Å². The number of hydrogen-bond donors (Lipinski definition) is 1. The van der Waals surface area contributed by atoms with Gasteiger partial charge in [0, 0.05) is 44.0 Å². The molecule has 2 aromatic carbocycles. The van der Waals surface area contributed by atoms with Crippen molar-refractivity contribution in [3.63, 3.8) is 0 Å². The quantitative estimate of drug-likeness (QED) is 0.117. The summed E-state index contributed by atoms with van der Waals surface area (Å²) in [6, 6.07) is 14.5. The van der Waals surface area contributed by atoms with Crippen molar-refractivity contribution >= 4 is 58.5 Å². The summed E-state index contributed by atoms with van der Waals surface area (Å²) < 4.78 is 0. The van der Waals surface area contributed by atoms with Crippen LogP contribution in [0.15, 0.2) is 66.2 Å². The first-order valence-electron chi connectivity index (χ1n) is 13.4. The van der Waals surface area contributed by atoms with E-state index in [1.807, 2.05) is 31.2 Å². The molecule has 8 nitrogen and oxygen atoms in total. The third kappa shape index (κ3) is 6.09. The van der Waals surface area contributed by atoms with Gasteiger partial charge in [-0.15, -0.1) is 0 Å². The summed E-state index contributed by atoms with van der Waals surface area (Å²) in [7, 11) is 1.69. The zero-order valence-electron chi connectivity index (χ0n) is 23.6. The van der Waals surface area contributed by atoms with Crippen LogP contribution in [-0.4, -0.2) is 65.7 Å². The number of anilines is 3. The number of aromatic nitrogens is 1. The molecule has 1 aliphatic heterocycles. The molecule has 10 heteroatoms. The molecular formula is C31H34Cl2N6O2. The van der Waals surface area contributed by atoms with E-state index >= 15 is 0 Å². The highest BCUT2D eigenvalue weighted by atomic mass is 35.5. The number of hydrogen-bond acceptors (Lipinski definition) is 5. The Bertz CT molecular complexity index is 1510. The van der Waals surface area contributed by atoms with Crippen molar-refractivity contribution in [1.29, 1.82) is 0 Å². The number of carbonyl (C=O) groups is 2. The smallest absolute Gasteiger partial charge is 0.246 e. The molecule has 0 spiro atoms. The normalized spacial score (nSPS) is 15.7. The number of halogens is 2. The molecule has 0 saturated carbocycles. The summed E-state index contributed by atoms with van der Waals surface area (Å²) in [6.07, 6.45) is 2.08. The fourth-order valence-corrected chi connectivity index (χ4v) is 5.62. The molecule has 1 aromatic heterocycles. The molecule has 1 unspecified atom stereocenters. The molecule has 2 N–H and O–H groups in total. The fourth-order valence-electron chi connectivity index (χ4n) is 5.16. The van der Waals surface area contributed by atoms with E-state index in [1.54, 1.807) is 36.2 Å². The molecule has 41 heavy (non-hydrogen) atoms. The van der Waals surface area contributed by atoms with Crippen molar-refractivity contribution in [1.82, 2.24) is 14.8 Å². The van der Waals surface area contributed by atoms with E-state index in [-0.39, 0.29) is 17.9 Å². The average Bonchev–Trinajstić information content (AvgIpc) is 2.96. The molecule has 2 heterocycles. The van der Waals surface area contributed by atoms with Crippen LogP contribution < -0.4 is 10.6 Å². The summed E-state index contributed by atoms with van der Waals surface area (Å²) in [4.78, 5) is 40.2. The summed E-state index contributed by atoms with van der Waals surface area (Å²) >= 11 is 13.5. The first-order chi connectivity index (χ1) is 19.6. The van der Waals surface area contributed by atoms with Gasteiger partial charge in [0.05, 0.1) is 27.0 Å². The van der Waals surface area contributed by atoms with Gasteiger partial charge in [-0.25, -0.2) is 4.98 Å². The number of amidine groups is 1. The largest absolute Gasteiger partial charge is 0.399 e. The molecular weight excluding hydrogens is 559 g/mol.